The number of rotatable bonds is 5. The predicted octanol–water partition coefficient (Wildman–Crippen LogP) is 4.87. The van der Waals surface area contributed by atoms with Gasteiger partial charge in [0.05, 0.1) is 18.2 Å². The molecule has 2 heterocycles. The van der Waals surface area contributed by atoms with Crippen LogP contribution in [0.3, 0.4) is 0 Å². The van der Waals surface area contributed by atoms with E-state index >= 15 is 0 Å². The number of benzene rings is 2. The van der Waals surface area contributed by atoms with E-state index in [1.807, 2.05) is 12.1 Å². The third-order valence-corrected chi connectivity index (χ3v) is 5.14. The molecule has 0 saturated carbocycles. The second-order valence-corrected chi connectivity index (χ2v) is 7.14. The molecular formula is C20H14F3N5O2S. The SMILES string of the molecule is COc1ccccc1-c1nc(NC(=O)c2csc(-c3cccc(C(F)(F)F)c3)n2)n[nH]1. The van der Waals surface area contributed by atoms with Crippen molar-refractivity contribution in [3.8, 4) is 27.7 Å². The molecule has 158 valence electrons. The highest BCUT2D eigenvalue weighted by molar-refractivity contribution is 7.13. The number of para-hydroxylation sites is 1. The lowest BCUT2D eigenvalue weighted by molar-refractivity contribution is -0.137. The minimum Gasteiger partial charge on any atom is -0.496 e. The van der Waals surface area contributed by atoms with E-state index in [1.165, 1.54) is 24.6 Å². The van der Waals surface area contributed by atoms with Gasteiger partial charge >= 0.3 is 6.18 Å². The van der Waals surface area contributed by atoms with E-state index in [0.29, 0.717) is 22.1 Å². The van der Waals surface area contributed by atoms with Crippen molar-refractivity contribution in [1.29, 1.82) is 0 Å². The van der Waals surface area contributed by atoms with Crippen LogP contribution in [0, 0.1) is 0 Å². The van der Waals surface area contributed by atoms with Gasteiger partial charge in [0, 0.05) is 10.9 Å². The minimum atomic E-state index is -4.46. The second kappa shape index (κ2) is 8.19. The maximum absolute atomic E-state index is 12.9. The molecule has 0 aliphatic heterocycles. The van der Waals surface area contributed by atoms with Crippen LogP contribution in [0.4, 0.5) is 19.1 Å². The summed E-state index contributed by atoms with van der Waals surface area (Å²) in [5.74, 6) is 0.428. The van der Waals surface area contributed by atoms with E-state index in [1.54, 1.807) is 12.1 Å². The Kier molecular flexibility index (Phi) is 5.42. The Morgan fingerprint density at radius 1 is 1.13 bits per heavy atom. The summed E-state index contributed by atoms with van der Waals surface area (Å²) < 4.78 is 44.1. The van der Waals surface area contributed by atoms with Crippen LogP contribution in [-0.2, 0) is 6.18 Å². The number of carbonyl (C=O) groups is 1. The molecule has 1 amide bonds. The Bertz CT molecular complexity index is 1240. The van der Waals surface area contributed by atoms with Crippen molar-refractivity contribution in [3.05, 3.63) is 65.2 Å². The van der Waals surface area contributed by atoms with Gasteiger partial charge in [-0.2, -0.15) is 18.2 Å². The van der Waals surface area contributed by atoms with Gasteiger partial charge in [0.2, 0.25) is 5.95 Å². The molecule has 0 spiro atoms. The summed E-state index contributed by atoms with van der Waals surface area (Å²) in [6, 6.07) is 11.9. The molecule has 0 unspecified atom stereocenters. The third kappa shape index (κ3) is 4.40. The monoisotopic (exact) mass is 445 g/mol. The molecule has 7 nitrogen and oxygen atoms in total. The van der Waals surface area contributed by atoms with Gasteiger partial charge in [-0.15, -0.1) is 16.4 Å². The molecule has 2 N–H and O–H groups in total. The molecule has 4 rings (SSSR count). The van der Waals surface area contributed by atoms with Gasteiger partial charge in [-0.1, -0.05) is 24.3 Å². The van der Waals surface area contributed by atoms with Gasteiger partial charge in [0.1, 0.15) is 16.5 Å². The lowest BCUT2D eigenvalue weighted by Gasteiger charge is -2.07. The maximum atomic E-state index is 12.9. The van der Waals surface area contributed by atoms with Crippen molar-refractivity contribution >= 4 is 23.2 Å². The number of aromatic nitrogens is 4. The van der Waals surface area contributed by atoms with Crippen LogP contribution in [-0.4, -0.2) is 33.2 Å². The first kappa shape index (κ1) is 20.5. The number of nitrogens with zero attached hydrogens (tertiary/aromatic N) is 3. The fourth-order valence-electron chi connectivity index (χ4n) is 2.78. The molecule has 0 atom stereocenters. The van der Waals surface area contributed by atoms with Gasteiger partial charge in [-0.05, 0) is 24.3 Å². The highest BCUT2D eigenvalue weighted by Gasteiger charge is 2.30. The molecule has 0 aliphatic carbocycles. The molecule has 31 heavy (non-hydrogen) atoms. The molecule has 11 heteroatoms. The van der Waals surface area contributed by atoms with Gasteiger partial charge in [-0.3, -0.25) is 15.2 Å². The van der Waals surface area contributed by atoms with Gasteiger partial charge < -0.3 is 4.74 Å². The number of carbonyl (C=O) groups excluding carboxylic acids is 1. The Balaban J connectivity index is 1.51. The average Bonchev–Trinajstić information content (AvgIpc) is 3.43. The van der Waals surface area contributed by atoms with Crippen molar-refractivity contribution in [1.82, 2.24) is 20.2 Å². The molecular weight excluding hydrogens is 431 g/mol. The zero-order valence-electron chi connectivity index (χ0n) is 15.9. The quantitative estimate of drug-likeness (QED) is 0.457. The number of ether oxygens (including phenoxy) is 1. The fourth-order valence-corrected chi connectivity index (χ4v) is 3.58. The number of anilines is 1. The first-order chi connectivity index (χ1) is 14.8. The van der Waals surface area contributed by atoms with Crippen molar-refractivity contribution in [2.24, 2.45) is 0 Å². The molecule has 4 aromatic rings. The maximum Gasteiger partial charge on any atom is 0.416 e. The number of nitrogens with one attached hydrogen (secondary N) is 2. The number of hydrogen-bond donors (Lipinski definition) is 2. The highest BCUT2D eigenvalue weighted by atomic mass is 32.1. The lowest BCUT2D eigenvalue weighted by atomic mass is 10.1. The Morgan fingerprint density at radius 2 is 1.94 bits per heavy atom. The van der Waals surface area contributed by atoms with Crippen molar-refractivity contribution in [2.75, 3.05) is 12.4 Å². The molecule has 0 bridgehead atoms. The number of thiazole rings is 1. The normalized spacial score (nSPS) is 11.4. The molecule has 0 aliphatic rings. The Morgan fingerprint density at radius 3 is 2.71 bits per heavy atom. The summed E-state index contributed by atoms with van der Waals surface area (Å²) in [4.78, 5) is 20.9. The van der Waals surface area contributed by atoms with E-state index < -0.39 is 17.6 Å². The van der Waals surface area contributed by atoms with Crippen LogP contribution in [0.25, 0.3) is 22.0 Å². The summed E-state index contributed by atoms with van der Waals surface area (Å²) in [6.07, 6.45) is -4.46. The van der Waals surface area contributed by atoms with Crippen molar-refractivity contribution in [2.45, 2.75) is 6.18 Å². The van der Waals surface area contributed by atoms with Gasteiger partial charge in [-0.25, -0.2) is 4.98 Å². The fraction of sp³-hybridized carbons (Fsp3) is 0.100. The van der Waals surface area contributed by atoms with Crippen LogP contribution in [0.2, 0.25) is 0 Å². The molecule has 2 aromatic carbocycles. The lowest BCUT2D eigenvalue weighted by Crippen LogP contribution is -2.13. The van der Waals surface area contributed by atoms with E-state index in [-0.39, 0.29) is 17.2 Å². The molecule has 2 aromatic heterocycles. The Labute approximate surface area is 177 Å². The zero-order valence-corrected chi connectivity index (χ0v) is 16.7. The van der Waals surface area contributed by atoms with E-state index in [4.69, 9.17) is 4.74 Å². The number of H-pyrrole nitrogens is 1. The van der Waals surface area contributed by atoms with Gasteiger partial charge in [0.25, 0.3) is 5.91 Å². The van der Waals surface area contributed by atoms with Crippen molar-refractivity contribution < 1.29 is 22.7 Å². The van der Waals surface area contributed by atoms with Crippen molar-refractivity contribution in [3.63, 3.8) is 0 Å². The topological polar surface area (TPSA) is 92.8 Å². The largest absolute Gasteiger partial charge is 0.496 e. The first-order valence-corrected chi connectivity index (χ1v) is 9.73. The van der Waals surface area contributed by atoms with E-state index in [2.05, 4.69) is 25.5 Å². The number of hydrogen-bond acceptors (Lipinski definition) is 6. The van der Waals surface area contributed by atoms with Crippen LogP contribution >= 0.6 is 11.3 Å². The van der Waals surface area contributed by atoms with E-state index in [9.17, 15) is 18.0 Å². The predicted molar refractivity (Wildman–Crippen MR) is 109 cm³/mol. The Hall–Kier alpha value is -3.73. The van der Waals surface area contributed by atoms with E-state index in [0.717, 1.165) is 23.5 Å². The number of alkyl halides is 3. The summed E-state index contributed by atoms with van der Waals surface area (Å²) in [6.45, 7) is 0. The molecule has 0 saturated heterocycles. The van der Waals surface area contributed by atoms with Crippen LogP contribution in [0.5, 0.6) is 5.75 Å². The second-order valence-electron chi connectivity index (χ2n) is 6.28. The van der Waals surface area contributed by atoms with Crippen LogP contribution in [0.15, 0.2) is 53.9 Å². The summed E-state index contributed by atoms with van der Waals surface area (Å²) in [5.41, 5.74) is 0.200. The molecule has 0 radical (unpaired) electrons. The summed E-state index contributed by atoms with van der Waals surface area (Å²) >= 11 is 1.06. The number of amides is 1. The highest BCUT2D eigenvalue weighted by Crippen LogP contribution is 2.33. The van der Waals surface area contributed by atoms with Gasteiger partial charge in [0.15, 0.2) is 5.82 Å². The summed E-state index contributed by atoms with van der Waals surface area (Å²) in [5, 5.41) is 11.0. The molecule has 0 fully saturated rings. The van der Waals surface area contributed by atoms with Crippen LogP contribution < -0.4 is 10.1 Å². The minimum absolute atomic E-state index is 0.0273. The first-order valence-electron chi connectivity index (χ1n) is 8.85. The zero-order chi connectivity index (χ0) is 22.0. The number of aromatic amines is 1. The average molecular weight is 445 g/mol. The number of methoxy groups -OCH3 is 1. The number of halogens is 3. The summed E-state index contributed by atoms with van der Waals surface area (Å²) in [7, 11) is 1.53. The smallest absolute Gasteiger partial charge is 0.416 e. The standard InChI is InChI=1S/C20H14F3N5O2S/c1-30-15-8-3-2-7-13(15)16-25-19(28-27-16)26-17(29)14-10-31-18(24-14)11-5-4-6-12(9-11)20(21,22)23/h2-10H,1H3,(H2,25,26,27,28,29). The van der Waals surface area contributed by atoms with Crippen LogP contribution in [0.1, 0.15) is 16.1 Å². The third-order valence-electron chi connectivity index (χ3n) is 4.25.